The number of aliphatic hydroxyl groups is 1. The summed E-state index contributed by atoms with van der Waals surface area (Å²) in [6.45, 7) is 3.42. The quantitative estimate of drug-likeness (QED) is 0.841. The summed E-state index contributed by atoms with van der Waals surface area (Å²) in [5.74, 6) is 0.907. The molecule has 0 amide bonds. The molecule has 4 rings (SSSR count). The highest BCUT2D eigenvalue weighted by Gasteiger charge is 2.55. The van der Waals surface area contributed by atoms with Crippen molar-refractivity contribution in [2.75, 3.05) is 46.2 Å². The van der Waals surface area contributed by atoms with Gasteiger partial charge in [-0.1, -0.05) is 0 Å². The number of rotatable bonds is 4. The maximum Gasteiger partial charge on any atom is 0.213 e. The molecule has 0 unspecified atom stereocenters. The molecule has 0 bridgehead atoms. The van der Waals surface area contributed by atoms with Crippen LogP contribution in [0.1, 0.15) is 24.2 Å². The van der Waals surface area contributed by atoms with Crippen molar-refractivity contribution in [2.45, 2.75) is 18.4 Å². The van der Waals surface area contributed by atoms with Gasteiger partial charge in [0.05, 0.1) is 31.0 Å². The fraction of sp³-hybridized carbons (Fsp3) is 0.579. The molecule has 0 saturated carbocycles. The Morgan fingerprint density at radius 1 is 1.26 bits per heavy atom. The van der Waals surface area contributed by atoms with Gasteiger partial charge in [0.1, 0.15) is 5.75 Å². The standard InChI is InChI=1S/C19H27N3O4S/c1-5-27(24,25)22-11-19(12-22)10-20(2)16(9-23)18-17(19)14-7-6-13(26-4)8-15(14)21(18)3/h6-8,16,23H,5,9-12H2,1-4H3/t16-/m1/s1. The fourth-order valence-corrected chi connectivity index (χ4v) is 6.13. The lowest BCUT2D eigenvalue weighted by Crippen LogP contribution is -2.67. The second-order valence-corrected chi connectivity index (χ2v) is 10.0. The number of methoxy groups -OCH3 is 1. The Bertz CT molecular complexity index is 992. The molecule has 1 aromatic heterocycles. The smallest absolute Gasteiger partial charge is 0.213 e. The molecule has 2 aromatic rings. The molecule has 1 N–H and O–H groups in total. The molecule has 8 heteroatoms. The van der Waals surface area contributed by atoms with Crippen LogP contribution in [0.5, 0.6) is 5.75 Å². The number of ether oxygens (including phenoxy) is 1. The molecule has 0 aliphatic carbocycles. The van der Waals surface area contributed by atoms with E-state index in [1.807, 2.05) is 26.2 Å². The van der Waals surface area contributed by atoms with Crippen molar-refractivity contribution in [2.24, 2.45) is 7.05 Å². The van der Waals surface area contributed by atoms with Gasteiger partial charge >= 0.3 is 0 Å². The second-order valence-electron chi connectivity index (χ2n) is 7.76. The number of likely N-dealkylation sites (N-methyl/N-ethyl adjacent to an activating group) is 1. The van der Waals surface area contributed by atoms with Crippen LogP contribution < -0.4 is 4.74 Å². The fourth-order valence-electron chi connectivity index (χ4n) is 4.88. The van der Waals surface area contributed by atoms with E-state index in [2.05, 4.69) is 15.5 Å². The number of aromatic nitrogens is 1. The minimum absolute atomic E-state index is 0.0256. The monoisotopic (exact) mass is 393 g/mol. The van der Waals surface area contributed by atoms with Gasteiger partial charge in [0.15, 0.2) is 0 Å². The Kier molecular flexibility index (Phi) is 4.30. The summed E-state index contributed by atoms with van der Waals surface area (Å²) in [7, 11) is 2.46. The number of nitrogens with zero attached hydrogens (tertiary/aromatic N) is 3. The molecular formula is C19H27N3O4S. The molecule has 7 nitrogen and oxygen atoms in total. The number of benzene rings is 1. The minimum Gasteiger partial charge on any atom is -0.497 e. The third-order valence-electron chi connectivity index (χ3n) is 6.27. The lowest BCUT2D eigenvalue weighted by atomic mass is 9.70. The molecule has 2 aliphatic rings. The van der Waals surface area contributed by atoms with Gasteiger partial charge in [0.2, 0.25) is 10.0 Å². The van der Waals surface area contributed by atoms with E-state index in [0.29, 0.717) is 13.1 Å². The largest absolute Gasteiger partial charge is 0.497 e. The lowest BCUT2D eigenvalue weighted by molar-refractivity contribution is 0.0451. The van der Waals surface area contributed by atoms with E-state index < -0.39 is 10.0 Å². The first-order valence-electron chi connectivity index (χ1n) is 9.23. The zero-order valence-corrected chi connectivity index (χ0v) is 17.1. The summed E-state index contributed by atoms with van der Waals surface area (Å²) < 4.78 is 33.8. The van der Waals surface area contributed by atoms with Crippen LogP contribution >= 0.6 is 0 Å². The molecule has 1 atom stereocenters. The third-order valence-corrected chi connectivity index (χ3v) is 8.05. The maximum atomic E-state index is 12.3. The van der Waals surface area contributed by atoms with E-state index in [0.717, 1.165) is 28.9 Å². The number of aliphatic hydroxyl groups excluding tert-OH is 1. The summed E-state index contributed by atoms with van der Waals surface area (Å²) in [4.78, 5) is 2.15. The number of sulfonamides is 1. The summed E-state index contributed by atoms with van der Waals surface area (Å²) in [5, 5.41) is 11.2. The highest BCUT2D eigenvalue weighted by molar-refractivity contribution is 7.89. The van der Waals surface area contributed by atoms with Gasteiger partial charge in [-0.2, -0.15) is 4.31 Å². The molecular weight excluding hydrogens is 366 g/mol. The van der Waals surface area contributed by atoms with E-state index in [-0.39, 0.29) is 23.8 Å². The van der Waals surface area contributed by atoms with Crippen LogP contribution in [0.4, 0.5) is 0 Å². The average molecular weight is 394 g/mol. The number of hydrogen-bond donors (Lipinski definition) is 1. The number of fused-ring (bicyclic) bond motifs is 4. The van der Waals surface area contributed by atoms with E-state index in [9.17, 15) is 13.5 Å². The van der Waals surface area contributed by atoms with Crippen molar-refractivity contribution in [3.05, 3.63) is 29.5 Å². The predicted molar refractivity (Wildman–Crippen MR) is 105 cm³/mol. The van der Waals surface area contributed by atoms with Gasteiger partial charge in [-0.25, -0.2) is 8.42 Å². The lowest BCUT2D eigenvalue weighted by Gasteiger charge is -2.55. The number of hydrogen-bond acceptors (Lipinski definition) is 5. The van der Waals surface area contributed by atoms with Gasteiger partial charge < -0.3 is 14.4 Å². The zero-order valence-electron chi connectivity index (χ0n) is 16.3. The van der Waals surface area contributed by atoms with Crippen LogP contribution in [0.15, 0.2) is 18.2 Å². The van der Waals surface area contributed by atoms with Gasteiger partial charge in [-0.15, -0.1) is 0 Å². The molecule has 1 spiro atoms. The van der Waals surface area contributed by atoms with Crippen LogP contribution in [-0.4, -0.2) is 73.4 Å². The Morgan fingerprint density at radius 2 is 1.96 bits per heavy atom. The molecule has 0 radical (unpaired) electrons. The SMILES string of the molecule is CCS(=O)(=O)N1CC2(CN(C)[C@H](CO)c3c2c2ccc(OC)cc2n3C)C1. The maximum absolute atomic E-state index is 12.3. The molecule has 1 aromatic carbocycles. The van der Waals surface area contributed by atoms with Crippen LogP contribution in [-0.2, 0) is 22.5 Å². The summed E-state index contributed by atoms with van der Waals surface area (Å²) >= 11 is 0. The average Bonchev–Trinajstić information content (AvgIpc) is 2.92. The molecule has 3 heterocycles. The molecule has 1 fully saturated rings. The van der Waals surface area contributed by atoms with E-state index >= 15 is 0 Å². The topological polar surface area (TPSA) is 75.0 Å². The van der Waals surface area contributed by atoms with Gasteiger partial charge in [0.25, 0.3) is 0 Å². The highest BCUT2D eigenvalue weighted by atomic mass is 32.2. The first kappa shape index (κ1) is 18.7. The zero-order chi connectivity index (χ0) is 19.6. The minimum atomic E-state index is -3.19. The van der Waals surface area contributed by atoms with Crippen molar-refractivity contribution < 1.29 is 18.3 Å². The highest BCUT2D eigenvalue weighted by Crippen LogP contribution is 2.49. The molecule has 1 saturated heterocycles. The van der Waals surface area contributed by atoms with Crippen LogP contribution in [0.3, 0.4) is 0 Å². The normalized spacial score (nSPS) is 22.8. The molecule has 2 aliphatic heterocycles. The third kappa shape index (κ3) is 2.54. The Hall–Kier alpha value is -1.61. The van der Waals surface area contributed by atoms with Crippen molar-refractivity contribution in [1.29, 1.82) is 0 Å². The van der Waals surface area contributed by atoms with E-state index in [4.69, 9.17) is 4.74 Å². The summed E-state index contributed by atoms with van der Waals surface area (Å²) in [6, 6.07) is 5.91. The van der Waals surface area contributed by atoms with Crippen LogP contribution in [0.25, 0.3) is 10.9 Å². The first-order valence-corrected chi connectivity index (χ1v) is 10.8. The van der Waals surface area contributed by atoms with Crippen molar-refractivity contribution >= 4 is 20.9 Å². The van der Waals surface area contributed by atoms with Crippen molar-refractivity contribution in [1.82, 2.24) is 13.8 Å². The van der Waals surface area contributed by atoms with E-state index in [1.165, 1.54) is 5.56 Å². The van der Waals surface area contributed by atoms with E-state index in [1.54, 1.807) is 18.3 Å². The van der Waals surface area contributed by atoms with Crippen LogP contribution in [0.2, 0.25) is 0 Å². The second kappa shape index (κ2) is 6.20. The Balaban J connectivity index is 1.91. The molecule has 27 heavy (non-hydrogen) atoms. The van der Waals surface area contributed by atoms with Crippen molar-refractivity contribution in [3.8, 4) is 5.75 Å². The van der Waals surface area contributed by atoms with Gasteiger partial charge in [-0.05, 0) is 31.7 Å². The summed E-state index contributed by atoms with van der Waals surface area (Å²) in [5.41, 5.74) is 3.06. The summed E-state index contributed by atoms with van der Waals surface area (Å²) in [6.07, 6.45) is 0. The Morgan fingerprint density at radius 3 is 2.56 bits per heavy atom. The van der Waals surface area contributed by atoms with Gasteiger partial charge in [0, 0.05) is 49.2 Å². The number of aryl methyl sites for hydroxylation is 1. The van der Waals surface area contributed by atoms with Gasteiger partial charge in [-0.3, -0.25) is 4.90 Å². The predicted octanol–water partition coefficient (Wildman–Crippen LogP) is 1.07. The van der Waals surface area contributed by atoms with Crippen molar-refractivity contribution in [3.63, 3.8) is 0 Å². The first-order chi connectivity index (χ1) is 12.8. The molecule has 148 valence electrons. The van der Waals surface area contributed by atoms with Crippen LogP contribution in [0, 0.1) is 0 Å². The Labute approximate surface area is 160 Å².